The zero-order valence-corrected chi connectivity index (χ0v) is 19.5. The summed E-state index contributed by atoms with van der Waals surface area (Å²) in [5.41, 5.74) is 6.06. The van der Waals surface area contributed by atoms with E-state index in [9.17, 15) is 29.1 Å². The number of hydrogen-bond acceptors (Lipinski definition) is 7. The van der Waals surface area contributed by atoms with E-state index in [0.717, 1.165) is 6.42 Å². The number of likely N-dealkylation sites (tertiary alicyclic amines) is 1. The summed E-state index contributed by atoms with van der Waals surface area (Å²) in [6.07, 6.45) is 3.01. The van der Waals surface area contributed by atoms with Crippen molar-refractivity contribution in [3.8, 4) is 0 Å². The number of aliphatic carboxylic acids is 2. The highest BCUT2D eigenvalue weighted by Crippen LogP contribution is 2.21. The molecule has 0 aromatic rings. The van der Waals surface area contributed by atoms with Gasteiger partial charge in [-0.15, -0.1) is 0 Å². The Morgan fingerprint density at radius 1 is 1.16 bits per heavy atom. The van der Waals surface area contributed by atoms with Crippen molar-refractivity contribution in [3.05, 3.63) is 0 Å². The molecule has 1 rings (SSSR count). The van der Waals surface area contributed by atoms with Gasteiger partial charge >= 0.3 is 11.9 Å². The maximum atomic E-state index is 13.0. The van der Waals surface area contributed by atoms with Crippen molar-refractivity contribution in [3.63, 3.8) is 0 Å². The molecule has 1 heterocycles. The quantitative estimate of drug-likeness (QED) is 0.238. The predicted molar refractivity (Wildman–Crippen MR) is 119 cm³/mol. The Kier molecular flexibility index (Phi) is 11.5. The van der Waals surface area contributed by atoms with Crippen LogP contribution in [0.2, 0.25) is 0 Å². The monoisotopic (exact) mass is 474 g/mol. The van der Waals surface area contributed by atoms with Crippen LogP contribution in [0.4, 0.5) is 0 Å². The molecule has 12 heteroatoms. The van der Waals surface area contributed by atoms with Crippen LogP contribution in [0.3, 0.4) is 0 Å². The number of nitrogens with two attached hydrogens (primary N) is 1. The molecule has 5 unspecified atom stereocenters. The number of carboxylic acids is 2. The van der Waals surface area contributed by atoms with Crippen molar-refractivity contribution in [2.24, 2.45) is 11.7 Å². The highest BCUT2D eigenvalue weighted by atomic mass is 32.2. The molecule has 1 fully saturated rings. The van der Waals surface area contributed by atoms with Crippen molar-refractivity contribution in [2.75, 3.05) is 18.6 Å². The summed E-state index contributed by atoms with van der Waals surface area (Å²) in [6, 6.07) is -4.18. The predicted octanol–water partition coefficient (Wildman–Crippen LogP) is -0.367. The molecule has 0 radical (unpaired) electrons. The molecule has 0 aromatic carbocycles. The van der Waals surface area contributed by atoms with Gasteiger partial charge < -0.3 is 31.5 Å². The van der Waals surface area contributed by atoms with Crippen LogP contribution >= 0.6 is 11.8 Å². The van der Waals surface area contributed by atoms with Crippen LogP contribution in [0.5, 0.6) is 0 Å². The second-order valence-electron chi connectivity index (χ2n) is 7.94. The SMILES string of the molecule is CCC(C)C(N)C(=O)N1CCCC1C(=O)NC(CCSC)C(=O)NC(CC(=O)O)C(=O)O. The van der Waals surface area contributed by atoms with Gasteiger partial charge in [0, 0.05) is 6.54 Å². The number of rotatable bonds is 13. The van der Waals surface area contributed by atoms with Gasteiger partial charge in [0.25, 0.3) is 0 Å². The first kappa shape index (κ1) is 27.7. The fraction of sp³-hybridized carbons (Fsp3) is 0.750. The third kappa shape index (κ3) is 7.97. The average molecular weight is 475 g/mol. The summed E-state index contributed by atoms with van der Waals surface area (Å²) in [5, 5.41) is 22.8. The Morgan fingerprint density at radius 2 is 1.81 bits per heavy atom. The molecular weight excluding hydrogens is 440 g/mol. The lowest BCUT2D eigenvalue weighted by molar-refractivity contribution is -0.147. The second kappa shape index (κ2) is 13.3. The zero-order chi connectivity index (χ0) is 24.4. The van der Waals surface area contributed by atoms with Crippen molar-refractivity contribution < 1.29 is 34.2 Å². The molecule has 182 valence electrons. The van der Waals surface area contributed by atoms with Gasteiger partial charge in [-0.1, -0.05) is 20.3 Å². The van der Waals surface area contributed by atoms with Gasteiger partial charge in [-0.3, -0.25) is 19.2 Å². The maximum absolute atomic E-state index is 13.0. The Hall–Kier alpha value is -2.34. The Morgan fingerprint density at radius 3 is 2.34 bits per heavy atom. The number of amides is 3. The van der Waals surface area contributed by atoms with Crippen molar-refractivity contribution >= 4 is 41.4 Å². The molecule has 0 bridgehead atoms. The Balaban J connectivity index is 2.91. The highest BCUT2D eigenvalue weighted by molar-refractivity contribution is 7.98. The van der Waals surface area contributed by atoms with Gasteiger partial charge in [-0.2, -0.15) is 11.8 Å². The number of carbonyl (C=O) groups excluding carboxylic acids is 3. The maximum Gasteiger partial charge on any atom is 0.326 e. The fourth-order valence-corrected chi connectivity index (χ4v) is 3.88. The van der Waals surface area contributed by atoms with E-state index in [4.69, 9.17) is 10.8 Å². The van der Waals surface area contributed by atoms with Crippen LogP contribution in [-0.4, -0.2) is 87.5 Å². The van der Waals surface area contributed by atoms with Crippen LogP contribution < -0.4 is 16.4 Å². The van der Waals surface area contributed by atoms with Crippen molar-refractivity contribution in [2.45, 2.75) is 70.1 Å². The molecule has 1 saturated heterocycles. The number of nitrogens with zero attached hydrogens (tertiary/aromatic N) is 1. The summed E-state index contributed by atoms with van der Waals surface area (Å²) in [5.74, 6) is -4.01. The molecule has 6 N–H and O–H groups in total. The molecule has 1 aliphatic rings. The van der Waals surface area contributed by atoms with E-state index in [0.29, 0.717) is 25.1 Å². The molecule has 1 aliphatic heterocycles. The molecular formula is C20H34N4O7S. The van der Waals surface area contributed by atoms with Gasteiger partial charge in [0.05, 0.1) is 12.5 Å². The third-order valence-electron chi connectivity index (χ3n) is 5.62. The van der Waals surface area contributed by atoms with E-state index in [2.05, 4.69) is 10.6 Å². The Labute approximate surface area is 191 Å². The van der Waals surface area contributed by atoms with Gasteiger partial charge in [-0.05, 0) is 37.2 Å². The first-order chi connectivity index (χ1) is 15.0. The van der Waals surface area contributed by atoms with Crippen LogP contribution in [0.1, 0.15) is 46.0 Å². The zero-order valence-electron chi connectivity index (χ0n) is 18.7. The topological polar surface area (TPSA) is 179 Å². The fourth-order valence-electron chi connectivity index (χ4n) is 3.41. The number of nitrogens with one attached hydrogen (secondary N) is 2. The smallest absolute Gasteiger partial charge is 0.326 e. The van der Waals surface area contributed by atoms with E-state index in [1.165, 1.54) is 16.7 Å². The van der Waals surface area contributed by atoms with Crippen LogP contribution in [0.15, 0.2) is 0 Å². The van der Waals surface area contributed by atoms with E-state index in [1.54, 1.807) is 0 Å². The lowest BCUT2D eigenvalue weighted by Crippen LogP contribution is -2.57. The van der Waals surface area contributed by atoms with E-state index < -0.39 is 54.3 Å². The summed E-state index contributed by atoms with van der Waals surface area (Å²) < 4.78 is 0. The average Bonchev–Trinajstić information content (AvgIpc) is 3.23. The lowest BCUT2D eigenvalue weighted by atomic mass is 9.98. The van der Waals surface area contributed by atoms with E-state index >= 15 is 0 Å². The molecule has 3 amide bonds. The Bertz CT molecular complexity index is 705. The van der Waals surface area contributed by atoms with Crippen molar-refractivity contribution in [1.29, 1.82) is 0 Å². The van der Waals surface area contributed by atoms with Gasteiger partial charge in [-0.25, -0.2) is 4.79 Å². The summed E-state index contributed by atoms with van der Waals surface area (Å²) in [4.78, 5) is 62.0. The summed E-state index contributed by atoms with van der Waals surface area (Å²) in [6.45, 7) is 4.19. The number of thioether (sulfide) groups is 1. The standard InChI is InChI=1S/C20H34N4O7S/c1-4-11(2)16(21)19(29)24-8-5-6-14(24)18(28)22-12(7-9-32-3)17(27)23-13(20(30)31)10-15(25)26/h11-14,16H,4-10,21H2,1-3H3,(H,22,28)(H,23,27)(H,25,26)(H,30,31). The first-order valence-corrected chi connectivity index (χ1v) is 12.0. The van der Waals surface area contributed by atoms with E-state index in [1.807, 2.05) is 20.1 Å². The highest BCUT2D eigenvalue weighted by Gasteiger charge is 2.38. The number of carboxylic acid groups (broad SMARTS) is 2. The van der Waals surface area contributed by atoms with Crippen molar-refractivity contribution in [1.82, 2.24) is 15.5 Å². The normalized spacial score (nSPS) is 19.5. The van der Waals surface area contributed by atoms with Crippen LogP contribution in [0, 0.1) is 5.92 Å². The number of carbonyl (C=O) groups is 5. The van der Waals surface area contributed by atoms with Gasteiger partial charge in [0.2, 0.25) is 17.7 Å². The molecule has 5 atom stereocenters. The minimum atomic E-state index is -1.62. The second-order valence-corrected chi connectivity index (χ2v) is 8.93. The lowest BCUT2D eigenvalue weighted by Gasteiger charge is -2.30. The molecule has 0 aliphatic carbocycles. The first-order valence-electron chi connectivity index (χ1n) is 10.6. The van der Waals surface area contributed by atoms with Crippen LogP contribution in [-0.2, 0) is 24.0 Å². The molecule has 11 nitrogen and oxygen atoms in total. The minimum absolute atomic E-state index is 0.0471. The van der Waals surface area contributed by atoms with Crippen LogP contribution in [0.25, 0.3) is 0 Å². The van der Waals surface area contributed by atoms with E-state index in [-0.39, 0.29) is 18.2 Å². The molecule has 0 aromatic heterocycles. The third-order valence-corrected chi connectivity index (χ3v) is 6.26. The molecule has 32 heavy (non-hydrogen) atoms. The van der Waals surface area contributed by atoms with Gasteiger partial charge in [0.1, 0.15) is 18.1 Å². The molecule has 0 saturated carbocycles. The summed E-state index contributed by atoms with van der Waals surface area (Å²) in [7, 11) is 0. The minimum Gasteiger partial charge on any atom is -0.481 e. The van der Waals surface area contributed by atoms with Gasteiger partial charge in [0.15, 0.2) is 0 Å². The molecule has 0 spiro atoms. The number of hydrogen-bond donors (Lipinski definition) is 5. The summed E-state index contributed by atoms with van der Waals surface area (Å²) >= 11 is 1.43. The largest absolute Gasteiger partial charge is 0.481 e.